The van der Waals surface area contributed by atoms with Crippen molar-refractivity contribution >= 4 is 17.7 Å². The number of carbonyl (C=O) groups is 3. The topological polar surface area (TPSA) is 101 Å². The van der Waals surface area contributed by atoms with Crippen molar-refractivity contribution in [2.75, 3.05) is 0 Å². The van der Waals surface area contributed by atoms with Gasteiger partial charge in [-0.15, -0.1) is 0 Å². The number of hydrogen-bond acceptors (Lipinski definition) is 5. The highest BCUT2D eigenvalue weighted by Crippen LogP contribution is 2.24. The highest BCUT2D eigenvalue weighted by molar-refractivity contribution is 5.85. The standard InChI is InChI=1S/C33H48O6/c1-9-28(14-15-29-24(5)13-16-31(36)39-29)19-22(3)12-10-11-21(2)17-25(6)32(37)27(8)33(38)26(7)18-23(4)20-30(34)35/h10-11,13-17,19-20,22,24-27,29,33,38H,9,12,18H2,1-8H3,(H,34,35)/t22?,24-,25?,26?,27?,29-,33?/m0/s1. The van der Waals surface area contributed by atoms with Crippen LogP contribution in [0.25, 0.3) is 0 Å². The third-order valence-electron chi connectivity index (χ3n) is 7.12. The number of ether oxygens (including phenoxy) is 1. The molecule has 0 radical (unpaired) electrons. The summed E-state index contributed by atoms with van der Waals surface area (Å²) in [4.78, 5) is 35.3. The third kappa shape index (κ3) is 12.6. The van der Waals surface area contributed by atoms with Gasteiger partial charge in [-0.05, 0) is 51.0 Å². The molecular formula is C33H48O6. The van der Waals surface area contributed by atoms with Crippen LogP contribution in [0.4, 0.5) is 0 Å². The zero-order chi connectivity index (χ0) is 29.7. The summed E-state index contributed by atoms with van der Waals surface area (Å²) in [6.45, 7) is 15.4. The van der Waals surface area contributed by atoms with Crippen LogP contribution in [0.15, 0.2) is 71.4 Å². The summed E-state index contributed by atoms with van der Waals surface area (Å²) in [7, 11) is 0. The van der Waals surface area contributed by atoms with Gasteiger partial charge < -0.3 is 14.9 Å². The molecule has 6 nitrogen and oxygen atoms in total. The lowest BCUT2D eigenvalue weighted by Gasteiger charge is -2.25. The molecule has 39 heavy (non-hydrogen) atoms. The number of hydrogen-bond donors (Lipinski definition) is 2. The molecule has 0 amide bonds. The zero-order valence-corrected chi connectivity index (χ0v) is 24.9. The van der Waals surface area contributed by atoms with Gasteiger partial charge in [-0.2, -0.15) is 0 Å². The molecule has 2 N–H and O–H groups in total. The summed E-state index contributed by atoms with van der Waals surface area (Å²) in [5, 5.41) is 19.6. The lowest BCUT2D eigenvalue weighted by Crippen LogP contribution is -2.34. The van der Waals surface area contributed by atoms with Crippen molar-refractivity contribution in [1.29, 1.82) is 0 Å². The van der Waals surface area contributed by atoms with Crippen LogP contribution in [-0.2, 0) is 19.1 Å². The van der Waals surface area contributed by atoms with Gasteiger partial charge in [-0.3, -0.25) is 4.79 Å². The Morgan fingerprint density at radius 3 is 2.38 bits per heavy atom. The van der Waals surface area contributed by atoms with Gasteiger partial charge in [-0.25, -0.2) is 9.59 Å². The molecule has 5 unspecified atom stereocenters. The number of rotatable bonds is 15. The molecule has 0 aromatic heterocycles. The SMILES string of the molecule is CCC(C=C[C@@H]1OC(=O)C=C[C@@H]1C)=CC(C)CC=CC(C)=CC(C)C(=O)C(C)C(O)C(C)CC(C)=CC(=O)O. The number of aliphatic carboxylic acids is 1. The molecule has 0 saturated heterocycles. The van der Waals surface area contributed by atoms with Crippen molar-refractivity contribution in [3.8, 4) is 0 Å². The Morgan fingerprint density at radius 1 is 1.10 bits per heavy atom. The van der Waals surface area contributed by atoms with Crippen LogP contribution >= 0.6 is 0 Å². The molecule has 0 bridgehead atoms. The minimum atomic E-state index is -1.01. The van der Waals surface area contributed by atoms with E-state index in [4.69, 9.17) is 9.84 Å². The minimum Gasteiger partial charge on any atom is -0.478 e. The maximum Gasteiger partial charge on any atom is 0.331 e. The Balaban J connectivity index is 2.69. The van der Waals surface area contributed by atoms with Gasteiger partial charge in [0.2, 0.25) is 0 Å². The Kier molecular flexibility index (Phi) is 14.7. The van der Waals surface area contributed by atoms with Gasteiger partial charge in [0.05, 0.1) is 6.10 Å². The van der Waals surface area contributed by atoms with Crippen LogP contribution in [0.1, 0.15) is 74.7 Å². The highest BCUT2D eigenvalue weighted by Gasteiger charge is 2.29. The van der Waals surface area contributed by atoms with Crippen molar-refractivity contribution in [2.24, 2.45) is 29.6 Å². The Morgan fingerprint density at radius 2 is 1.77 bits per heavy atom. The largest absolute Gasteiger partial charge is 0.478 e. The molecule has 0 aromatic rings. The Hall–Kier alpha value is -2.99. The van der Waals surface area contributed by atoms with E-state index in [2.05, 4.69) is 26.0 Å². The number of esters is 1. The minimum absolute atomic E-state index is 0.0360. The van der Waals surface area contributed by atoms with E-state index in [-0.39, 0.29) is 35.6 Å². The molecule has 1 rings (SSSR count). The number of carboxylic acids is 1. The molecule has 0 aliphatic carbocycles. The van der Waals surface area contributed by atoms with Crippen molar-refractivity contribution in [3.05, 3.63) is 71.4 Å². The summed E-state index contributed by atoms with van der Waals surface area (Å²) < 4.78 is 5.39. The van der Waals surface area contributed by atoms with Gasteiger partial charge in [0.1, 0.15) is 11.9 Å². The summed E-state index contributed by atoms with van der Waals surface area (Å²) >= 11 is 0. The van der Waals surface area contributed by atoms with E-state index < -0.39 is 18.0 Å². The summed E-state index contributed by atoms with van der Waals surface area (Å²) in [6, 6.07) is 0. The van der Waals surface area contributed by atoms with Crippen LogP contribution < -0.4 is 0 Å². The van der Waals surface area contributed by atoms with Crippen LogP contribution in [-0.4, -0.2) is 40.1 Å². The fraction of sp³-hybridized carbons (Fsp3) is 0.545. The molecule has 0 spiro atoms. The van der Waals surface area contributed by atoms with E-state index in [0.717, 1.165) is 24.5 Å². The lowest BCUT2D eigenvalue weighted by atomic mass is 9.83. The second-order valence-electron chi connectivity index (χ2n) is 11.1. The number of aliphatic hydroxyl groups is 1. The molecule has 6 heteroatoms. The molecule has 7 atom stereocenters. The number of carboxylic acid groups (broad SMARTS) is 1. The number of aliphatic hydroxyl groups excluding tert-OH is 1. The predicted octanol–water partition coefficient (Wildman–Crippen LogP) is 6.78. The quantitative estimate of drug-likeness (QED) is 0.135. The van der Waals surface area contributed by atoms with Gasteiger partial charge in [0, 0.05) is 29.9 Å². The summed E-state index contributed by atoms with van der Waals surface area (Å²) in [5.41, 5.74) is 2.84. The van der Waals surface area contributed by atoms with Crippen LogP contribution in [0.5, 0.6) is 0 Å². The van der Waals surface area contributed by atoms with Crippen LogP contribution in [0.2, 0.25) is 0 Å². The average molecular weight is 541 g/mol. The molecular weight excluding hydrogens is 492 g/mol. The molecule has 1 aliphatic heterocycles. The van der Waals surface area contributed by atoms with Gasteiger partial charge in [0.25, 0.3) is 0 Å². The van der Waals surface area contributed by atoms with Crippen LogP contribution in [0, 0.1) is 29.6 Å². The van der Waals surface area contributed by atoms with Crippen molar-refractivity contribution in [1.82, 2.24) is 0 Å². The maximum atomic E-state index is 13.0. The van der Waals surface area contributed by atoms with Crippen molar-refractivity contribution < 1.29 is 29.3 Å². The van der Waals surface area contributed by atoms with Gasteiger partial charge in [0.15, 0.2) is 0 Å². The van der Waals surface area contributed by atoms with Gasteiger partial charge in [-0.1, -0.05) is 94.7 Å². The fourth-order valence-corrected chi connectivity index (χ4v) is 4.75. The Bertz CT molecular complexity index is 1020. The first-order valence-corrected chi connectivity index (χ1v) is 14.0. The molecule has 216 valence electrons. The first-order chi connectivity index (χ1) is 18.2. The number of allylic oxidation sites excluding steroid dienone is 8. The second-order valence-corrected chi connectivity index (χ2v) is 11.1. The fourth-order valence-electron chi connectivity index (χ4n) is 4.75. The summed E-state index contributed by atoms with van der Waals surface area (Å²) in [6.07, 6.45) is 17.8. The number of carbonyl (C=O) groups excluding carboxylic acids is 2. The summed E-state index contributed by atoms with van der Waals surface area (Å²) in [5.74, 6) is -2.01. The second kappa shape index (κ2) is 16.9. The van der Waals surface area contributed by atoms with Crippen molar-refractivity contribution in [3.63, 3.8) is 0 Å². The smallest absolute Gasteiger partial charge is 0.331 e. The van der Waals surface area contributed by atoms with E-state index in [1.165, 1.54) is 11.6 Å². The first kappa shape index (κ1) is 34.0. The lowest BCUT2D eigenvalue weighted by molar-refractivity contribution is -0.143. The number of cyclic esters (lactones) is 1. The van der Waals surface area contributed by atoms with E-state index in [1.807, 2.05) is 58.1 Å². The van der Waals surface area contributed by atoms with E-state index in [0.29, 0.717) is 17.9 Å². The van der Waals surface area contributed by atoms with Crippen LogP contribution in [0.3, 0.4) is 0 Å². The highest BCUT2D eigenvalue weighted by atomic mass is 16.5. The normalized spacial score (nSPS) is 23.0. The van der Waals surface area contributed by atoms with E-state index in [1.54, 1.807) is 13.8 Å². The van der Waals surface area contributed by atoms with Crippen molar-refractivity contribution in [2.45, 2.75) is 86.9 Å². The Labute approximate surface area is 234 Å². The molecule has 0 saturated carbocycles. The monoisotopic (exact) mass is 540 g/mol. The predicted molar refractivity (Wildman–Crippen MR) is 157 cm³/mol. The first-order valence-electron chi connectivity index (χ1n) is 14.0. The zero-order valence-electron chi connectivity index (χ0n) is 24.9. The number of ketones is 1. The number of Topliss-reactive ketones (excluding diaryl/α,β-unsaturated/α-hetero) is 1. The van der Waals surface area contributed by atoms with E-state index >= 15 is 0 Å². The molecule has 0 aromatic carbocycles. The third-order valence-corrected chi connectivity index (χ3v) is 7.12. The molecule has 0 fully saturated rings. The average Bonchev–Trinajstić information content (AvgIpc) is 2.86. The molecule has 1 aliphatic rings. The molecule has 1 heterocycles. The van der Waals surface area contributed by atoms with Gasteiger partial charge >= 0.3 is 11.9 Å². The van der Waals surface area contributed by atoms with E-state index in [9.17, 15) is 19.5 Å². The maximum absolute atomic E-state index is 13.0.